The van der Waals surface area contributed by atoms with E-state index in [1.54, 1.807) is 18.2 Å². The molecule has 1 aliphatic rings. The van der Waals surface area contributed by atoms with Crippen molar-refractivity contribution in [3.63, 3.8) is 0 Å². The third-order valence-corrected chi connectivity index (χ3v) is 3.79. The molecular weight excluding hydrogens is 256 g/mol. The lowest BCUT2D eigenvalue weighted by atomic mass is 9.75. The molecule has 0 atom stereocenters. The van der Waals surface area contributed by atoms with E-state index in [-0.39, 0.29) is 11.4 Å². The van der Waals surface area contributed by atoms with E-state index in [9.17, 15) is 9.59 Å². The molecule has 1 aromatic rings. The van der Waals surface area contributed by atoms with Crippen LogP contribution in [-0.2, 0) is 9.53 Å². The topological polar surface area (TPSA) is 81.4 Å². The van der Waals surface area contributed by atoms with Gasteiger partial charge < -0.3 is 15.8 Å². The van der Waals surface area contributed by atoms with E-state index >= 15 is 0 Å². The van der Waals surface area contributed by atoms with Gasteiger partial charge >= 0.3 is 5.97 Å². The molecule has 0 heterocycles. The molecule has 5 nitrogen and oxygen atoms in total. The van der Waals surface area contributed by atoms with Crippen LogP contribution in [0.3, 0.4) is 0 Å². The monoisotopic (exact) mass is 276 g/mol. The van der Waals surface area contributed by atoms with Crippen LogP contribution in [0.4, 0.5) is 5.69 Å². The lowest BCUT2D eigenvalue weighted by Gasteiger charge is -2.37. The summed E-state index contributed by atoms with van der Waals surface area (Å²) in [5.74, 6) is -0.535. The molecule has 0 unspecified atom stereocenters. The van der Waals surface area contributed by atoms with Crippen LogP contribution in [0, 0.1) is 6.92 Å². The Morgan fingerprint density at radius 3 is 2.65 bits per heavy atom. The molecule has 1 fully saturated rings. The summed E-state index contributed by atoms with van der Waals surface area (Å²) in [7, 11) is 1.33. The fraction of sp³-hybridized carbons (Fsp3) is 0.467. The summed E-state index contributed by atoms with van der Waals surface area (Å²) in [6.45, 7) is 1.87. The SMILES string of the molecule is COC(=O)c1ccc(C)c(NC(=O)CC2(N)CCC2)c1. The predicted molar refractivity (Wildman–Crippen MR) is 76.5 cm³/mol. The molecule has 0 bridgehead atoms. The van der Waals surface area contributed by atoms with E-state index in [1.165, 1.54) is 7.11 Å². The van der Waals surface area contributed by atoms with Gasteiger partial charge in [0, 0.05) is 17.6 Å². The number of hydrogen-bond donors (Lipinski definition) is 2. The molecule has 2 rings (SSSR count). The molecule has 1 amide bonds. The molecule has 5 heteroatoms. The Balaban J connectivity index is 2.07. The molecule has 1 saturated carbocycles. The van der Waals surface area contributed by atoms with Crippen molar-refractivity contribution in [1.29, 1.82) is 0 Å². The molecule has 0 radical (unpaired) electrons. The molecule has 20 heavy (non-hydrogen) atoms. The predicted octanol–water partition coefficient (Wildman–Crippen LogP) is 1.99. The van der Waals surface area contributed by atoms with Crippen molar-refractivity contribution < 1.29 is 14.3 Å². The van der Waals surface area contributed by atoms with Gasteiger partial charge in [0.1, 0.15) is 0 Å². The third kappa shape index (κ3) is 3.17. The van der Waals surface area contributed by atoms with Crippen LogP contribution < -0.4 is 11.1 Å². The first kappa shape index (κ1) is 14.5. The number of hydrogen-bond acceptors (Lipinski definition) is 4. The summed E-state index contributed by atoms with van der Waals surface area (Å²) in [5, 5.41) is 2.83. The van der Waals surface area contributed by atoms with Crippen molar-refractivity contribution in [1.82, 2.24) is 0 Å². The molecule has 0 spiro atoms. The van der Waals surface area contributed by atoms with Gasteiger partial charge in [-0.3, -0.25) is 4.79 Å². The van der Waals surface area contributed by atoms with Gasteiger partial charge in [0.25, 0.3) is 0 Å². The van der Waals surface area contributed by atoms with Crippen LogP contribution in [0.5, 0.6) is 0 Å². The molecule has 1 aromatic carbocycles. The molecule has 0 aromatic heterocycles. The molecule has 0 saturated heterocycles. The van der Waals surface area contributed by atoms with Crippen LogP contribution in [0.1, 0.15) is 41.6 Å². The van der Waals surface area contributed by atoms with Crippen LogP contribution in [-0.4, -0.2) is 24.5 Å². The van der Waals surface area contributed by atoms with E-state index in [0.717, 1.165) is 24.8 Å². The Kier molecular flexibility index (Phi) is 4.09. The second-order valence-electron chi connectivity index (χ2n) is 5.46. The summed E-state index contributed by atoms with van der Waals surface area (Å²) in [4.78, 5) is 23.5. The second-order valence-corrected chi connectivity index (χ2v) is 5.46. The third-order valence-electron chi connectivity index (χ3n) is 3.79. The van der Waals surface area contributed by atoms with Gasteiger partial charge in [-0.15, -0.1) is 0 Å². The summed E-state index contributed by atoms with van der Waals surface area (Å²) < 4.78 is 4.67. The van der Waals surface area contributed by atoms with Gasteiger partial charge in [0.05, 0.1) is 12.7 Å². The number of methoxy groups -OCH3 is 1. The summed E-state index contributed by atoms with van der Waals surface area (Å²) >= 11 is 0. The smallest absolute Gasteiger partial charge is 0.337 e. The largest absolute Gasteiger partial charge is 0.465 e. The highest BCUT2D eigenvalue weighted by Crippen LogP contribution is 2.32. The van der Waals surface area contributed by atoms with E-state index in [2.05, 4.69) is 10.1 Å². The Labute approximate surface area is 118 Å². The lowest BCUT2D eigenvalue weighted by molar-refractivity contribution is -0.118. The Hall–Kier alpha value is -1.88. The van der Waals surface area contributed by atoms with E-state index in [4.69, 9.17) is 5.73 Å². The second kappa shape index (κ2) is 5.63. The van der Waals surface area contributed by atoms with E-state index < -0.39 is 5.97 Å². The van der Waals surface area contributed by atoms with Gasteiger partial charge in [0.2, 0.25) is 5.91 Å². The number of aryl methyl sites for hydroxylation is 1. The van der Waals surface area contributed by atoms with Gasteiger partial charge in [-0.05, 0) is 43.9 Å². The first-order valence-corrected chi connectivity index (χ1v) is 6.71. The van der Waals surface area contributed by atoms with Gasteiger partial charge in [-0.1, -0.05) is 6.07 Å². The van der Waals surface area contributed by atoms with Crippen molar-refractivity contribution >= 4 is 17.6 Å². The number of ether oxygens (including phenoxy) is 1. The van der Waals surface area contributed by atoms with Crippen molar-refractivity contribution in [2.45, 2.75) is 38.1 Å². The highest BCUT2D eigenvalue weighted by atomic mass is 16.5. The number of carbonyl (C=O) groups excluding carboxylic acids is 2. The molecular formula is C15H20N2O3. The minimum atomic E-state index is -0.421. The number of benzene rings is 1. The fourth-order valence-corrected chi connectivity index (χ4v) is 2.32. The van der Waals surface area contributed by atoms with Crippen LogP contribution in [0.25, 0.3) is 0 Å². The zero-order valence-corrected chi connectivity index (χ0v) is 11.9. The number of nitrogens with one attached hydrogen (secondary N) is 1. The maximum absolute atomic E-state index is 12.0. The lowest BCUT2D eigenvalue weighted by Crippen LogP contribution is -2.48. The molecule has 1 aliphatic carbocycles. The fourth-order valence-electron chi connectivity index (χ4n) is 2.32. The minimum Gasteiger partial charge on any atom is -0.465 e. The number of amides is 1. The number of nitrogens with two attached hydrogens (primary N) is 1. The minimum absolute atomic E-state index is 0.114. The Morgan fingerprint density at radius 2 is 2.10 bits per heavy atom. The standard InChI is InChI=1S/C15H20N2O3/c1-10-4-5-11(14(19)20-2)8-12(10)17-13(18)9-15(16)6-3-7-15/h4-5,8H,3,6-7,9,16H2,1-2H3,(H,17,18). The number of rotatable bonds is 4. The van der Waals surface area contributed by atoms with Crippen molar-refractivity contribution in [2.75, 3.05) is 12.4 Å². The first-order chi connectivity index (χ1) is 9.43. The van der Waals surface area contributed by atoms with Crippen molar-refractivity contribution in [3.8, 4) is 0 Å². The normalized spacial score (nSPS) is 16.1. The molecule has 108 valence electrons. The van der Waals surface area contributed by atoms with Crippen molar-refractivity contribution in [3.05, 3.63) is 29.3 Å². The van der Waals surface area contributed by atoms with Gasteiger partial charge in [-0.2, -0.15) is 0 Å². The summed E-state index contributed by atoms with van der Waals surface area (Å²) in [6.07, 6.45) is 3.18. The van der Waals surface area contributed by atoms with E-state index in [0.29, 0.717) is 17.7 Å². The van der Waals surface area contributed by atoms with E-state index in [1.807, 2.05) is 6.92 Å². The highest BCUT2D eigenvalue weighted by molar-refractivity contribution is 5.95. The maximum Gasteiger partial charge on any atom is 0.337 e. The first-order valence-electron chi connectivity index (χ1n) is 6.71. The quantitative estimate of drug-likeness (QED) is 0.824. The average molecular weight is 276 g/mol. The van der Waals surface area contributed by atoms with Gasteiger partial charge in [-0.25, -0.2) is 4.79 Å². The Bertz CT molecular complexity index is 536. The number of esters is 1. The maximum atomic E-state index is 12.0. The van der Waals surface area contributed by atoms with Crippen molar-refractivity contribution in [2.24, 2.45) is 5.73 Å². The van der Waals surface area contributed by atoms with Gasteiger partial charge in [0.15, 0.2) is 0 Å². The Morgan fingerprint density at radius 1 is 1.40 bits per heavy atom. The number of anilines is 1. The molecule has 0 aliphatic heterocycles. The zero-order valence-electron chi connectivity index (χ0n) is 11.9. The number of carbonyl (C=O) groups is 2. The zero-order chi connectivity index (χ0) is 14.8. The summed E-state index contributed by atoms with van der Waals surface area (Å²) in [5.41, 5.74) is 7.65. The molecule has 3 N–H and O–H groups in total. The van der Waals surface area contributed by atoms with Crippen LogP contribution in [0.2, 0.25) is 0 Å². The van der Waals surface area contributed by atoms with Crippen LogP contribution in [0.15, 0.2) is 18.2 Å². The average Bonchev–Trinajstić information content (AvgIpc) is 2.38. The summed E-state index contributed by atoms with van der Waals surface area (Å²) in [6, 6.07) is 5.08. The van der Waals surface area contributed by atoms with Crippen LogP contribution >= 0.6 is 0 Å². The highest BCUT2D eigenvalue weighted by Gasteiger charge is 2.34.